The lowest BCUT2D eigenvalue weighted by Crippen LogP contribution is -2.50. The molecule has 0 spiro atoms. The quantitative estimate of drug-likeness (QED) is 0.446. The molecule has 3 unspecified atom stereocenters. The Hall–Kier alpha value is -2.12. The number of morpholine rings is 1. The van der Waals surface area contributed by atoms with E-state index in [0.717, 1.165) is 11.3 Å². The van der Waals surface area contributed by atoms with E-state index in [1.165, 1.54) is 17.3 Å². The van der Waals surface area contributed by atoms with Gasteiger partial charge in [0.25, 0.3) is 5.56 Å². The van der Waals surface area contributed by atoms with Crippen LogP contribution < -0.4 is 5.56 Å². The third-order valence-corrected chi connectivity index (χ3v) is 7.77. The lowest BCUT2D eigenvalue weighted by atomic mass is 9.86. The zero-order chi connectivity index (χ0) is 25.2. The lowest BCUT2D eigenvalue weighted by molar-refractivity contribution is -0.142. The van der Waals surface area contributed by atoms with E-state index in [1.807, 2.05) is 32.6 Å². The molecule has 186 valence electrons. The number of carbonyl (C=O) groups is 1. The van der Waals surface area contributed by atoms with Crippen molar-refractivity contribution in [2.24, 2.45) is 7.05 Å². The molecule has 3 rings (SSSR count). The number of ether oxygens (including phenoxy) is 1. The Morgan fingerprint density at radius 2 is 1.76 bits per heavy atom. The molecular formula is C27H39N3O3S. The van der Waals surface area contributed by atoms with Gasteiger partial charge in [0.2, 0.25) is 5.91 Å². The highest BCUT2D eigenvalue weighted by atomic mass is 32.2. The van der Waals surface area contributed by atoms with Gasteiger partial charge in [0.15, 0.2) is 5.16 Å². The first kappa shape index (κ1) is 26.5. The first-order valence-electron chi connectivity index (χ1n) is 12.2. The second-order valence-electron chi connectivity index (χ2n) is 10.5. The summed E-state index contributed by atoms with van der Waals surface area (Å²) in [6.07, 6.45) is 1.26. The van der Waals surface area contributed by atoms with Crippen molar-refractivity contribution in [3.8, 4) is 0 Å². The van der Waals surface area contributed by atoms with Crippen molar-refractivity contribution in [1.29, 1.82) is 0 Å². The summed E-state index contributed by atoms with van der Waals surface area (Å²) in [6.45, 7) is 15.6. The molecule has 1 amide bonds. The van der Waals surface area contributed by atoms with Crippen molar-refractivity contribution in [1.82, 2.24) is 14.5 Å². The van der Waals surface area contributed by atoms with Crippen LogP contribution in [0.1, 0.15) is 70.3 Å². The molecule has 0 saturated carbocycles. The minimum absolute atomic E-state index is 0.0247. The van der Waals surface area contributed by atoms with Crippen molar-refractivity contribution in [2.45, 2.75) is 89.3 Å². The average molecular weight is 486 g/mol. The largest absolute Gasteiger partial charge is 0.372 e. The molecule has 1 aliphatic heterocycles. The molecule has 1 aliphatic rings. The number of thioether (sulfide) groups is 1. The summed E-state index contributed by atoms with van der Waals surface area (Å²) in [4.78, 5) is 33.2. The number of hydrogen-bond donors (Lipinski definition) is 0. The van der Waals surface area contributed by atoms with E-state index in [1.54, 1.807) is 11.6 Å². The molecule has 0 radical (unpaired) electrons. The van der Waals surface area contributed by atoms with Crippen LogP contribution >= 0.6 is 11.8 Å². The van der Waals surface area contributed by atoms with Crippen molar-refractivity contribution in [2.75, 3.05) is 13.1 Å². The van der Waals surface area contributed by atoms with Gasteiger partial charge in [0, 0.05) is 37.8 Å². The predicted octanol–water partition coefficient (Wildman–Crippen LogP) is 4.48. The van der Waals surface area contributed by atoms with Crippen LogP contribution in [0.4, 0.5) is 0 Å². The summed E-state index contributed by atoms with van der Waals surface area (Å²) in [5.74, 6) is 0.0874. The monoisotopic (exact) mass is 485 g/mol. The smallest absolute Gasteiger partial charge is 0.257 e. The molecule has 3 atom stereocenters. The maximum Gasteiger partial charge on any atom is 0.257 e. The first-order chi connectivity index (χ1) is 15.9. The molecule has 0 N–H and O–H groups in total. The molecule has 2 heterocycles. The molecule has 0 aliphatic carbocycles. The summed E-state index contributed by atoms with van der Waals surface area (Å²) in [5.41, 5.74) is 3.82. The molecule has 1 fully saturated rings. The topological polar surface area (TPSA) is 64.4 Å². The van der Waals surface area contributed by atoms with Gasteiger partial charge in [-0.1, -0.05) is 63.7 Å². The highest BCUT2D eigenvalue weighted by molar-refractivity contribution is 8.00. The lowest BCUT2D eigenvalue weighted by Gasteiger charge is -2.36. The molecule has 1 aromatic heterocycles. The van der Waals surface area contributed by atoms with Gasteiger partial charge < -0.3 is 9.64 Å². The van der Waals surface area contributed by atoms with Crippen molar-refractivity contribution in [3.05, 3.63) is 57.0 Å². The third-order valence-electron chi connectivity index (χ3n) is 6.38. The zero-order valence-corrected chi connectivity index (χ0v) is 22.7. The second-order valence-corrected chi connectivity index (χ2v) is 11.6. The van der Waals surface area contributed by atoms with Gasteiger partial charge in [-0.15, -0.1) is 0 Å². The fourth-order valence-corrected chi connectivity index (χ4v) is 5.46. The first-order valence-corrected chi connectivity index (χ1v) is 13.1. The summed E-state index contributed by atoms with van der Waals surface area (Å²) in [6, 6.07) is 8.46. The van der Waals surface area contributed by atoms with E-state index in [4.69, 9.17) is 9.72 Å². The molecule has 1 saturated heterocycles. The maximum atomic E-state index is 13.3. The normalized spacial score (nSPS) is 19.8. The van der Waals surface area contributed by atoms with Crippen LogP contribution in [0.25, 0.3) is 0 Å². The number of rotatable bonds is 6. The predicted molar refractivity (Wildman–Crippen MR) is 139 cm³/mol. The average Bonchev–Trinajstić information content (AvgIpc) is 2.76. The van der Waals surface area contributed by atoms with Gasteiger partial charge in [-0.05, 0) is 43.7 Å². The summed E-state index contributed by atoms with van der Waals surface area (Å²) in [5, 5.41) is 0.301. The third kappa shape index (κ3) is 6.11. The number of aromatic nitrogens is 2. The number of nitrogens with zero attached hydrogens (tertiary/aromatic N) is 3. The molecule has 7 heteroatoms. The van der Waals surface area contributed by atoms with Crippen LogP contribution in [0.15, 0.2) is 34.2 Å². The van der Waals surface area contributed by atoms with Gasteiger partial charge in [0.05, 0.1) is 17.5 Å². The van der Waals surface area contributed by atoms with Crippen LogP contribution in [0.5, 0.6) is 0 Å². The molecule has 1 aromatic carbocycles. The Morgan fingerprint density at radius 3 is 2.29 bits per heavy atom. The summed E-state index contributed by atoms with van der Waals surface area (Å²) < 4.78 is 7.37. The van der Waals surface area contributed by atoms with Crippen LogP contribution in [0, 0.1) is 6.92 Å². The van der Waals surface area contributed by atoms with Gasteiger partial charge in [-0.3, -0.25) is 14.2 Å². The van der Waals surface area contributed by atoms with Gasteiger partial charge in [-0.25, -0.2) is 4.98 Å². The fraction of sp³-hybridized carbons (Fsp3) is 0.593. The van der Waals surface area contributed by atoms with Crippen molar-refractivity contribution >= 4 is 17.7 Å². The molecule has 2 aromatic rings. The number of amides is 1. The zero-order valence-electron chi connectivity index (χ0n) is 21.8. The summed E-state index contributed by atoms with van der Waals surface area (Å²) >= 11 is 1.39. The SMILES string of the molecule is CCC(Sc1nc(C)c(Cc2ccc(C(C)(C)C)cc2)c(=O)n1C)C(=O)N1CC(C)OC(C)C1. The number of aryl methyl sites for hydroxylation is 1. The molecule has 0 bridgehead atoms. The van der Waals surface area contributed by atoms with E-state index >= 15 is 0 Å². The van der Waals surface area contributed by atoms with Crippen molar-refractivity contribution < 1.29 is 9.53 Å². The minimum atomic E-state index is -0.286. The van der Waals surface area contributed by atoms with E-state index in [0.29, 0.717) is 36.7 Å². The Morgan fingerprint density at radius 1 is 1.18 bits per heavy atom. The molecule has 34 heavy (non-hydrogen) atoms. The highest BCUT2D eigenvalue weighted by Gasteiger charge is 2.31. The Balaban J connectivity index is 1.80. The molecular weight excluding hydrogens is 446 g/mol. The van der Waals surface area contributed by atoms with Gasteiger partial charge in [-0.2, -0.15) is 0 Å². The number of carbonyl (C=O) groups excluding carboxylic acids is 1. The maximum absolute atomic E-state index is 13.3. The van der Waals surface area contributed by atoms with E-state index in [9.17, 15) is 9.59 Å². The van der Waals surface area contributed by atoms with Gasteiger partial charge >= 0.3 is 0 Å². The Labute approximate surface area is 208 Å². The number of hydrogen-bond acceptors (Lipinski definition) is 5. The van der Waals surface area contributed by atoms with Gasteiger partial charge in [0.1, 0.15) is 0 Å². The van der Waals surface area contributed by atoms with Crippen molar-refractivity contribution in [3.63, 3.8) is 0 Å². The van der Waals surface area contributed by atoms with Crippen LogP contribution in [-0.4, -0.2) is 50.9 Å². The van der Waals surface area contributed by atoms with E-state index in [2.05, 4.69) is 45.0 Å². The minimum Gasteiger partial charge on any atom is -0.372 e. The standard InChI is InChI=1S/C27H39N3O3S/c1-9-23(25(32)30-15-17(2)33-18(3)16-30)34-26-28-19(4)22(24(31)29(26)8)14-20-10-12-21(13-11-20)27(5,6)7/h10-13,17-18,23H,9,14-16H2,1-8H3. The van der Waals surface area contributed by atoms with Crippen LogP contribution in [0.2, 0.25) is 0 Å². The van der Waals surface area contributed by atoms with Crippen LogP contribution in [0.3, 0.4) is 0 Å². The highest BCUT2D eigenvalue weighted by Crippen LogP contribution is 2.27. The second kappa shape index (κ2) is 10.6. The summed E-state index contributed by atoms with van der Waals surface area (Å²) in [7, 11) is 1.75. The Kier molecular flexibility index (Phi) is 8.30. The fourth-order valence-electron chi connectivity index (χ4n) is 4.36. The Bertz CT molecular complexity index is 1060. The van der Waals surface area contributed by atoms with E-state index in [-0.39, 0.29) is 34.3 Å². The number of benzene rings is 1. The molecule has 6 nitrogen and oxygen atoms in total. The van der Waals surface area contributed by atoms with E-state index < -0.39 is 0 Å². The van der Waals surface area contributed by atoms with Crippen LogP contribution in [-0.2, 0) is 28.4 Å².